The lowest BCUT2D eigenvalue weighted by molar-refractivity contribution is -0.119. The zero-order valence-electron chi connectivity index (χ0n) is 18.8. The van der Waals surface area contributed by atoms with E-state index in [0.717, 1.165) is 36.5 Å². The molecule has 7 heteroatoms. The van der Waals surface area contributed by atoms with Crippen molar-refractivity contribution in [3.63, 3.8) is 0 Å². The molecule has 2 aromatic heterocycles. The first-order valence-corrected chi connectivity index (χ1v) is 12.0. The number of pyridine rings is 1. The van der Waals surface area contributed by atoms with Gasteiger partial charge in [0, 0.05) is 43.2 Å². The van der Waals surface area contributed by atoms with Crippen LogP contribution < -0.4 is 4.90 Å². The van der Waals surface area contributed by atoms with Crippen LogP contribution in [0.3, 0.4) is 0 Å². The fourth-order valence-electron chi connectivity index (χ4n) is 5.50. The van der Waals surface area contributed by atoms with Gasteiger partial charge in [0.15, 0.2) is 5.82 Å². The molecule has 1 atom stereocenters. The molecular formula is C25H31N5O2. The molecule has 2 fully saturated rings. The lowest BCUT2D eigenvalue weighted by Gasteiger charge is -2.34. The summed E-state index contributed by atoms with van der Waals surface area (Å²) >= 11 is 0. The van der Waals surface area contributed by atoms with Gasteiger partial charge < -0.3 is 4.90 Å². The fourth-order valence-corrected chi connectivity index (χ4v) is 5.50. The highest BCUT2D eigenvalue weighted by atomic mass is 16.2. The molecule has 0 spiro atoms. The standard InChI is InChI=1S/C25H31N5O2/c1-17-20-11-12-22(31)30(16-18-7-3-2-4-8-18)24(20)28-23(27-17)21-10-6-14-29(21)25(32)19-9-5-13-26-15-19/h5,9,13,15,18,21H,2-4,6-8,10-12,14,16H2,1H3. The first-order valence-electron chi connectivity index (χ1n) is 12.0. The molecule has 1 saturated carbocycles. The molecule has 7 nitrogen and oxygen atoms in total. The molecule has 1 aliphatic carbocycles. The second-order valence-corrected chi connectivity index (χ2v) is 9.38. The van der Waals surface area contributed by atoms with E-state index in [1.165, 1.54) is 32.1 Å². The van der Waals surface area contributed by atoms with E-state index in [-0.39, 0.29) is 17.9 Å². The average molecular weight is 434 g/mol. The number of amides is 2. The third kappa shape index (κ3) is 4.00. The van der Waals surface area contributed by atoms with Crippen molar-refractivity contribution in [1.29, 1.82) is 0 Å². The molecule has 168 valence electrons. The zero-order valence-corrected chi connectivity index (χ0v) is 18.8. The van der Waals surface area contributed by atoms with E-state index < -0.39 is 0 Å². The van der Waals surface area contributed by atoms with Crippen LogP contribution in [0.2, 0.25) is 0 Å². The van der Waals surface area contributed by atoms with Gasteiger partial charge >= 0.3 is 0 Å². The maximum absolute atomic E-state index is 13.1. The van der Waals surface area contributed by atoms with Crippen LogP contribution in [-0.2, 0) is 11.2 Å². The topological polar surface area (TPSA) is 79.3 Å². The van der Waals surface area contributed by atoms with Gasteiger partial charge in [0.1, 0.15) is 5.82 Å². The lowest BCUT2D eigenvalue weighted by Crippen LogP contribution is -2.41. The number of aryl methyl sites for hydroxylation is 1. The zero-order chi connectivity index (χ0) is 22.1. The molecule has 0 radical (unpaired) electrons. The third-order valence-electron chi connectivity index (χ3n) is 7.24. The predicted octanol–water partition coefficient (Wildman–Crippen LogP) is 4.02. The summed E-state index contributed by atoms with van der Waals surface area (Å²) in [5, 5.41) is 0. The Labute approximate surface area is 189 Å². The van der Waals surface area contributed by atoms with Crippen LogP contribution in [0.15, 0.2) is 24.5 Å². The third-order valence-corrected chi connectivity index (χ3v) is 7.24. The number of anilines is 1. The van der Waals surface area contributed by atoms with E-state index >= 15 is 0 Å². The van der Waals surface area contributed by atoms with Crippen molar-refractivity contribution in [1.82, 2.24) is 19.9 Å². The molecule has 5 rings (SSSR count). The van der Waals surface area contributed by atoms with Crippen LogP contribution in [0.1, 0.15) is 84.8 Å². The van der Waals surface area contributed by atoms with E-state index in [1.54, 1.807) is 24.5 Å². The SMILES string of the molecule is Cc1nc(C2CCCN2C(=O)c2cccnc2)nc2c1CCC(=O)N2CC1CCCCC1. The smallest absolute Gasteiger partial charge is 0.256 e. The number of fused-ring (bicyclic) bond motifs is 1. The van der Waals surface area contributed by atoms with Gasteiger partial charge in [0.05, 0.1) is 11.6 Å². The highest BCUT2D eigenvalue weighted by Crippen LogP contribution is 2.36. The predicted molar refractivity (Wildman–Crippen MR) is 121 cm³/mol. The van der Waals surface area contributed by atoms with Crippen molar-refractivity contribution < 1.29 is 9.59 Å². The Morgan fingerprint density at radius 3 is 2.72 bits per heavy atom. The maximum atomic E-state index is 13.1. The fraction of sp³-hybridized carbons (Fsp3) is 0.560. The van der Waals surface area contributed by atoms with E-state index in [4.69, 9.17) is 9.97 Å². The highest BCUT2D eigenvalue weighted by molar-refractivity contribution is 5.96. The van der Waals surface area contributed by atoms with E-state index in [9.17, 15) is 9.59 Å². The number of rotatable bonds is 4. The number of aromatic nitrogens is 3. The van der Waals surface area contributed by atoms with Crippen LogP contribution in [-0.4, -0.2) is 44.8 Å². The summed E-state index contributed by atoms with van der Waals surface area (Å²) in [7, 11) is 0. The molecule has 2 aromatic rings. The Morgan fingerprint density at radius 2 is 1.94 bits per heavy atom. The Morgan fingerprint density at radius 1 is 1.09 bits per heavy atom. The molecule has 0 aromatic carbocycles. The summed E-state index contributed by atoms with van der Waals surface area (Å²) in [6.45, 7) is 3.45. The normalized spacial score (nSPS) is 21.7. The van der Waals surface area contributed by atoms with Crippen molar-refractivity contribution in [2.45, 2.75) is 70.8 Å². The summed E-state index contributed by atoms with van der Waals surface area (Å²) in [6.07, 6.45) is 12.4. The quantitative estimate of drug-likeness (QED) is 0.728. The van der Waals surface area contributed by atoms with Crippen molar-refractivity contribution in [3.8, 4) is 0 Å². The van der Waals surface area contributed by atoms with Crippen molar-refractivity contribution in [3.05, 3.63) is 47.2 Å². The van der Waals surface area contributed by atoms with Crippen LogP contribution >= 0.6 is 0 Å². The Kier molecular flexibility index (Phi) is 5.89. The first kappa shape index (κ1) is 21.0. The molecule has 32 heavy (non-hydrogen) atoms. The number of carbonyl (C=O) groups is 2. The molecule has 2 aliphatic heterocycles. The van der Waals surface area contributed by atoms with E-state index in [1.807, 2.05) is 16.7 Å². The van der Waals surface area contributed by atoms with E-state index in [0.29, 0.717) is 36.7 Å². The summed E-state index contributed by atoms with van der Waals surface area (Å²) in [6, 6.07) is 3.42. The van der Waals surface area contributed by atoms with Crippen molar-refractivity contribution >= 4 is 17.6 Å². The molecule has 3 aliphatic rings. The lowest BCUT2D eigenvalue weighted by atomic mass is 9.88. The molecule has 2 amide bonds. The highest BCUT2D eigenvalue weighted by Gasteiger charge is 2.36. The van der Waals surface area contributed by atoms with Gasteiger partial charge in [-0.3, -0.25) is 19.5 Å². The monoisotopic (exact) mass is 433 g/mol. The minimum absolute atomic E-state index is 0.0327. The molecule has 0 N–H and O–H groups in total. The summed E-state index contributed by atoms with van der Waals surface area (Å²) < 4.78 is 0. The number of hydrogen-bond donors (Lipinski definition) is 0. The number of hydrogen-bond acceptors (Lipinski definition) is 5. The Hall–Kier alpha value is -2.83. The molecule has 0 bridgehead atoms. The summed E-state index contributed by atoms with van der Waals surface area (Å²) in [5.74, 6) is 2.14. The van der Waals surface area contributed by atoms with Gasteiger partial charge in [-0.25, -0.2) is 9.97 Å². The number of nitrogens with zero attached hydrogens (tertiary/aromatic N) is 5. The summed E-state index contributed by atoms with van der Waals surface area (Å²) in [4.78, 5) is 43.8. The molecular weight excluding hydrogens is 402 g/mol. The van der Waals surface area contributed by atoms with Gasteiger partial charge in [0.25, 0.3) is 5.91 Å². The van der Waals surface area contributed by atoms with Crippen molar-refractivity contribution in [2.24, 2.45) is 5.92 Å². The Bertz CT molecular complexity index is 1000. The van der Waals surface area contributed by atoms with Crippen molar-refractivity contribution in [2.75, 3.05) is 18.0 Å². The minimum atomic E-state index is -0.166. The second kappa shape index (κ2) is 8.96. The van der Waals surface area contributed by atoms with Gasteiger partial charge in [-0.05, 0) is 57.1 Å². The molecule has 4 heterocycles. The number of carbonyl (C=O) groups excluding carboxylic acids is 2. The van der Waals surface area contributed by atoms with Gasteiger partial charge in [-0.2, -0.15) is 0 Å². The molecule has 1 unspecified atom stereocenters. The van der Waals surface area contributed by atoms with Gasteiger partial charge in [-0.1, -0.05) is 19.3 Å². The van der Waals surface area contributed by atoms with Gasteiger partial charge in [-0.15, -0.1) is 0 Å². The largest absolute Gasteiger partial charge is 0.328 e. The van der Waals surface area contributed by atoms with Crippen LogP contribution in [0.5, 0.6) is 0 Å². The van der Waals surface area contributed by atoms with Crippen LogP contribution in [0.25, 0.3) is 0 Å². The minimum Gasteiger partial charge on any atom is -0.328 e. The van der Waals surface area contributed by atoms with E-state index in [2.05, 4.69) is 4.98 Å². The number of likely N-dealkylation sites (tertiary alicyclic amines) is 1. The second-order valence-electron chi connectivity index (χ2n) is 9.38. The van der Waals surface area contributed by atoms with Gasteiger partial charge in [0.2, 0.25) is 5.91 Å². The average Bonchev–Trinajstić information content (AvgIpc) is 3.31. The van der Waals surface area contributed by atoms with Crippen LogP contribution in [0, 0.1) is 12.8 Å². The molecule has 1 saturated heterocycles. The maximum Gasteiger partial charge on any atom is 0.256 e. The van der Waals surface area contributed by atoms with Crippen LogP contribution in [0.4, 0.5) is 5.82 Å². The Balaban J connectivity index is 1.46. The summed E-state index contributed by atoms with van der Waals surface area (Å²) in [5.41, 5.74) is 2.61. The first-order chi connectivity index (χ1) is 15.6.